The van der Waals surface area contributed by atoms with Crippen LogP contribution in [0.4, 0.5) is 0 Å². The Morgan fingerprint density at radius 2 is 1.88 bits per heavy atom. The molecule has 0 aliphatic carbocycles. The Kier molecular flexibility index (Phi) is 6.12. The Balaban J connectivity index is 2.33. The molecule has 1 aromatic carbocycles. The number of benzene rings is 1. The van der Waals surface area contributed by atoms with Crippen molar-refractivity contribution in [2.45, 2.75) is 19.3 Å². The molecule has 0 aromatic heterocycles. The lowest BCUT2D eigenvalue weighted by Crippen LogP contribution is -2.29. The Morgan fingerprint density at radius 1 is 1.19 bits per heavy atom. The van der Waals surface area contributed by atoms with E-state index >= 15 is 0 Å². The van der Waals surface area contributed by atoms with Crippen LogP contribution < -0.4 is 5.32 Å². The van der Waals surface area contributed by atoms with Gasteiger partial charge in [0, 0.05) is 19.6 Å². The van der Waals surface area contributed by atoms with Crippen molar-refractivity contribution in [3.63, 3.8) is 0 Å². The molecule has 2 nitrogen and oxygen atoms in total. The number of hydrogen-bond acceptors (Lipinski definition) is 2. The summed E-state index contributed by atoms with van der Waals surface area (Å²) in [6.45, 7) is 5.50. The minimum absolute atomic E-state index is 0.642. The first-order valence-electron chi connectivity index (χ1n) is 6.14. The predicted molar refractivity (Wildman–Crippen MR) is 70.9 cm³/mol. The van der Waals surface area contributed by atoms with Crippen molar-refractivity contribution in [1.82, 2.24) is 10.2 Å². The van der Waals surface area contributed by atoms with E-state index in [0.29, 0.717) is 5.92 Å². The van der Waals surface area contributed by atoms with Gasteiger partial charge in [-0.3, -0.25) is 0 Å². The second-order valence-corrected chi connectivity index (χ2v) is 4.52. The van der Waals surface area contributed by atoms with E-state index in [1.54, 1.807) is 0 Å². The predicted octanol–water partition coefficient (Wildman–Crippen LogP) is 2.33. The molecule has 0 heterocycles. The topological polar surface area (TPSA) is 15.3 Å². The maximum atomic E-state index is 3.52. The summed E-state index contributed by atoms with van der Waals surface area (Å²) in [5.74, 6) is 0.642. The van der Waals surface area contributed by atoms with Gasteiger partial charge in [0.2, 0.25) is 0 Å². The second kappa shape index (κ2) is 7.42. The van der Waals surface area contributed by atoms with Crippen LogP contribution in [0.1, 0.15) is 24.8 Å². The van der Waals surface area contributed by atoms with Crippen LogP contribution in [0.3, 0.4) is 0 Å². The lowest BCUT2D eigenvalue weighted by molar-refractivity contribution is 0.395. The zero-order valence-corrected chi connectivity index (χ0v) is 10.7. The summed E-state index contributed by atoms with van der Waals surface area (Å²) in [7, 11) is 4.21. The average molecular weight is 220 g/mol. The minimum atomic E-state index is 0.642. The number of hydrogen-bond donors (Lipinski definition) is 1. The molecule has 0 saturated carbocycles. The highest BCUT2D eigenvalue weighted by atomic mass is 15.1. The molecule has 0 spiro atoms. The molecule has 1 unspecified atom stereocenters. The van der Waals surface area contributed by atoms with E-state index in [1.165, 1.54) is 12.0 Å². The summed E-state index contributed by atoms with van der Waals surface area (Å²) >= 11 is 0. The van der Waals surface area contributed by atoms with Crippen LogP contribution in [0.5, 0.6) is 0 Å². The third kappa shape index (κ3) is 4.77. The fourth-order valence-corrected chi connectivity index (χ4v) is 1.80. The van der Waals surface area contributed by atoms with Crippen LogP contribution in [0.15, 0.2) is 30.3 Å². The molecule has 0 fully saturated rings. The Morgan fingerprint density at radius 3 is 2.44 bits per heavy atom. The van der Waals surface area contributed by atoms with Crippen LogP contribution in [-0.2, 0) is 0 Å². The molecular weight excluding hydrogens is 196 g/mol. The van der Waals surface area contributed by atoms with E-state index in [9.17, 15) is 0 Å². The van der Waals surface area contributed by atoms with Crippen molar-refractivity contribution in [2.24, 2.45) is 0 Å². The van der Waals surface area contributed by atoms with Crippen molar-refractivity contribution < 1.29 is 0 Å². The lowest BCUT2D eigenvalue weighted by atomic mass is 9.96. The van der Waals surface area contributed by atoms with Gasteiger partial charge in [0.25, 0.3) is 0 Å². The van der Waals surface area contributed by atoms with Crippen molar-refractivity contribution in [2.75, 3.05) is 33.7 Å². The highest BCUT2D eigenvalue weighted by molar-refractivity contribution is 5.19. The summed E-state index contributed by atoms with van der Waals surface area (Å²) in [5.41, 5.74) is 1.45. The molecular formula is C14H24N2. The summed E-state index contributed by atoms with van der Waals surface area (Å²) < 4.78 is 0. The first kappa shape index (κ1) is 13.2. The van der Waals surface area contributed by atoms with Crippen LogP contribution >= 0.6 is 0 Å². The molecule has 90 valence electrons. The third-order valence-corrected chi connectivity index (χ3v) is 2.89. The largest absolute Gasteiger partial charge is 0.315 e. The fourth-order valence-electron chi connectivity index (χ4n) is 1.80. The molecule has 16 heavy (non-hydrogen) atoms. The van der Waals surface area contributed by atoms with Gasteiger partial charge >= 0.3 is 0 Å². The zero-order chi connectivity index (χ0) is 11.8. The molecule has 0 saturated heterocycles. The SMILES string of the molecule is CCC(CNCCN(C)C)c1ccccc1. The van der Waals surface area contributed by atoms with Gasteiger partial charge in [-0.15, -0.1) is 0 Å². The van der Waals surface area contributed by atoms with E-state index in [0.717, 1.165) is 19.6 Å². The van der Waals surface area contributed by atoms with Crippen LogP contribution in [-0.4, -0.2) is 38.6 Å². The first-order chi connectivity index (χ1) is 7.74. The molecule has 2 heteroatoms. The van der Waals surface area contributed by atoms with E-state index in [2.05, 4.69) is 61.6 Å². The Hall–Kier alpha value is -0.860. The lowest BCUT2D eigenvalue weighted by Gasteiger charge is -2.17. The molecule has 1 aromatic rings. The number of rotatable bonds is 7. The number of likely N-dealkylation sites (N-methyl/N-ethyl adjacent to an activating group) is 1. The highest BCUT2D eigenvalue weighted by Crippen LogP contribution is 2.17. The van der Waals surface area contributed by atoms with Gasteiger partial charge in [0.15, 0.2) is 0 Å². The quantitative estimate of drug-likeness (QED) is 0.710. The van der Waals surface area contributed by atoms with E-state index in [1.807, 2.05) is 0 Å². The molecule has 0 bridgehead atoms. The zero-order valence-electron chi connectivity index (χ0n) is 10.7. The van der Waals surface area contributed by atoms with Gasteiger partial charge in [-0.05, 0) is 32.0 Å². The van der Waals surface area contributed by atoms with Gasteiger partial charge in [-0.2, -0.15) is 0 Å². The van der Waals surface area contributed by atoms with E-state index in [4.69, 9.17) is 0 Å². The number of nitrogens with one attached hydrogen (secondary N) is 1. The van der Waals surface area contributed by atoms with E-state index < -0.39 is 0 Å². The normalized spacial score (nSPS) is 13.0. The van der Waals surface area contributed by atoms with E-state index in [-0.39, 0.29) is 0 Å². The number of nitrogens with zero attached hydrogens (tertiary/aromatic N) is 1. The van der Waals surface area contributed by atoms with Crippen molar-refractivity contribution in [3.05, 3.63) is 35.9 Å². The molecule has 0 amide bonds. The van der Waals surface area contributed by atoms with Crippen LogP contribution in [0.25, 0.3) is 0 Å². The smallest absolute Gasteiger partial charge is 0.0101 e. The van der Waals surface area contributed by atoms with Crippen LogP contribution in [0.2, 0.25) is 0 Å². The summed E-state index contributed by atoms with van der Waals surface area (Å²) in [6, 6.07) is 10.8. The minimum Gasteiger partial charge on any atom is -0.315 e. The van der Waals surface area contributed by atoms with Gasteiger partial charge in [-0.1, -0.05) is 37.3 Å². The first-order valence-corrected chi connectivity index (χ1v) is 6.14. The molecule has 0 radical (unpaired) electrons. The Bertz CT molecular complexity index is 269. The summed E-state index contributed by atoms with van der Waals surface area (Å²) in [5, 5.41) is 3.52. The van der Waals surface area contributed by atoms with Crippen molar-refractivity contribution in [1.29, 1.82) is 0 Å². The van der Waals surface area contributed by atoms with Gasteiger partial charge in [0.05, 0.1) is 0 Å². The van der Waals surface area contributed by atoms with Crippen LogP contribution in [0, 0.1) is 0 Å². The molecule has 1 N–H and O–H groups in total. The third-order valence-electron chi connectivity index (χ3n) is 2.89. The monoisotopic (exact) mass is 220 g/mol. The fraction of sp³-hybridized carbons (Fsp3) is 0.571. The van der Waals surface area contributed by atoms with Gasteiger partial charge in [-0.25, -0.2) is 0 Å². The standard InChI is InChI=1S/C14H24N2/c1-4-13(12-15-10-11-16(2)3)14-8-6-5-7-9-14/h5-9,13,15H,4,10-12H2,1-3H3. The maximum absolute atomic E-state index is 3.52. The summed E-state index contributed by atoms with van der Waals surface area (Å²) in [6.07, 6.45) is 1.19. The molecule has 0 aliphatic heterocycles. The van der Waals surface area contributed by atoms with Gasteiger partial charge in [0.1, 0.15) is 0 Å². The van der Waals surface area contributed by atoms with Gasteiger partial charge < -0.3 is 10.2 Å². The molecule has 1 atom stereocenters. The average Bonchev–Trinajstić information content (AvgIpc) is 2.30. The second-order valence-electron chi connectivity index (χ2n) is 4.52. The maximum Gasteiger partial charge on any atom is 0.0101 e. The van der Waals surface area contributed by atoms with Crippen molar-refractivity contribution in [3.8, 4) is 0 Å². The molecule has 1 rings (SSSR count). The molecule has 0 aliphatic rings. The van der Waals surface area contributed by atoms with Crippen molar-refractivity contribution >= 4 is 0 Å². The Labute approximate surface area is 99.7 Å². The summed E-state index contributed by atoms with van der Waals surface area (Å²) in [4.78, 5) is 2.20. The highest BCUT2D eigenvalue weighted by Gasteiger charge is 2.07.